The molecule has 0 aliphatic heterocycles. The second-order valence-corrected chi connectivity index (χ2v) is 5.85. The van der Waals surface area contributed by atoms with E-state index in [0.717, 1.165) is 0 Å². The van der Waals surface area contributed by atoms with Crippen LogP contribution in [0, 0.1) is 5.82 Å². The second kappa shape index (κ2) is 6.03. The van der Waals surface area contributed by atoms with Gasteiger partial charge in [-0.1, -0.05) is 11.6 Å². The number of carbonyl (C=O) groups excluding carboxylic acids is 1. The molecule has 0 radical (unpaired) electrons. The van der Waals surface area contributed by atoms with Crippen molar-refractivity contribution in [3.63, 3.8) is 0 Å². The first-order valence-corrected chi connectivity index (χ1v) is 7.15. The van der Waals surface area contributed by atoms with Gasteiger partial charge in [0.2, 0.25) is 0 Å². The van der Waals surface area contributed by atoms with Gasteiger partial charge in [0.05, 0.1) is 10.0 Å². The van der Waals surface area contributed by atoms with Crippen molar-refractivity contribution in [2.24, 2.45) is 0 Å². The van der Waals surface area contributed by atoms with Crippen LogP contribution in [0.2, 0.25) is 5.02 Å². The zero-order valence-corrected chi connectivity index (χ0v) is 13.3. The van der Waals surface area contributed by atoms with Crippen molar-refractivity contribution in [2.45, 2.75) is 0 Å². The Hall–Kier alpha value is -0.910. The van der Waals surface area contributed by atoms with E-state index >= 15 is 0 Å². The molecule has 19 heavy (non-hydrogen) atoms. The predicted octanol–water partition coefficient (Wildman–Crippen LogP) is 5.26. The zero-order valence-electron chi connectivity index (χ0n) is 9.38. The summed E-state index contributed by atoms with van der Waals surface area (Å²) in [5.41, 5.74) is 0.901. The smallest absolute Gasteiger partial charge is 0.256 e. The van der Waals surface area contributed by atoms with Gasteiger partial charge in [-0.2, -0.15) is 0 Å². The number of anilines is 1. The highest BCUT2D eigenvalue weighted by Gasteiger charge is 2.11. The summed E-state index contributed by atoms with van der Waals surface area (Å²) < 4.78 is 14.0. The van der Waals surface area contributed by atoms with Gasteiger partial charge in [0, 0.05) is 15.2 Å². The maximum atomic E-state index is 13.1. The highest BCUT2D eigenvalue weighted by Crippen LogP contribution is 2.24. The Morgan fingerprint density at radius 3 is 2.53 bits per heavy atom. The summed E-state index contributed by atoms with van der Waals surface area (Å²) in [6.45, 7) is 0. The van der Waals surface area contributed by atoms with Crippen LogP contribution in [0.3, 0.4) is 0 Å². The average Bonchev–Trinajstić information content (AvgIpc) is 2.36. The number of carbonyl (C=O) groups is 1. The van der Waals surface area contributed by atoms with E-state index in [2.05, 4.69) is 37.2 Å². The van der Waals surface area contributed by atoms with Crippen molar-refractivity contribution < 1.29 is 9.18 Å². The minimum atomic E-state index is -0.387. The third kappa shape index (κ3) is 3.55. The quantitative estimate of drug-likeness (QED) is 0.723. The number of amides is 1. The molecule has 0 aliphatic carbocycles. The largest absolute Gasteiger partial charge is 0.322 e. The normalized spacial score (nSPS) is 10.3. The fourth-order valence-corrected chi connectivity index (χ4v) is 2.42. The average molecular weight is 407 g/mol. The molecule has 0 heterocycles. The van der Waals surface area contributed by atoms with Gasteiger partial charge in [-0.25, -0.2) is 4.39 Å². The van der Waals surface area contributed by atoms with E-state index in [4.69, 9.17) is 11.6 Å². The molecule has 6 heteroatoms. The molecule has 0 saturated carbocycles. The monoisotopic (exact) mass is 405 g/mol. The molecule has 0 saturated heterocycles. The van der Waals surface area contributed by atoms with Crippen molar-refractivity contribution in [1.82, 2.24) is 0 Å². The predicted molar refractivity (Wildman–Crippen MR) is 81.2 cm³/mol. The molecule has 0 atom stereocenters. The van der Waals surface area contributed by atoms with Crippen LogP contribution in [0.5, 0.6) is 0 Å². The number of halogens is 4. The number of rotatable bonds is 2. The summed E-state index contributed by atoms with van der Waals surface area (Å²) in [6.07, 6.45) is 0. The molecule has 2 nitrogen and oxygen atoms in total. The summed E-state index contributed by atoms with van der Waals surface area (Å²) >= 11 is 12.2. The van der Waals surface area contributed by atoms with E-state index in [1.807, 2.05) is 0 Å². The van der Waals surface area contributed by atoms with E-state index in [0.29, 0.717) is 20.7 Å². The van der Waals surface area contributed by atoms with Crippen molar-refractivity contribution in [1.29, 1.82) is 0 Å². The van der Waals surface area contributed by atoms with Crippen LogP contribution in [-0.4, -0.2) is 5.91 Å². The molecule has 1 N–H and O–H groups in total. The summed E-state index contributed by atoms with van der Waals surface area (Å²) in [5, 5.41) is 3.14. The standard InChI is InChI=1S/C13H7Br2ClFNO/c14-10-3-1-7(16)5-9(10)13(19)18-8-2-4-12(17)11(15)6-8/h1-6H,(H,18,19). The fraction of sp³-hybridized carbons (Fsp3) is 0. The molecule has 98 valence electrons. The first-order valence-electron chi connectivity index (χ1n) is 5.19. The Morgan fingerprint density at radius 1 is 1.11 bits per heavy atom. The third-order valence-corrected chi connectivity index (χ3v) is 3.88. The van der Waals surface area contributed by atoms with Crippen LogP contribution in [0.15, 0.2) is 45.3 Å². The highest BCUT2D eigenvalue weighted by atomic mass is 79.9. The van der Waals surface area contributed by atoms with E-state index in [9.17, 15) is 9.18 Å². The van der Waals surface area contributed by atoms with Gasteiger partial charge >= 0.3 is 0 Å². The summed E-state index contributed by atoms with van der Waals surface area (Å²) in [6, 6.07) is 9.17. The lowest BCUT2D eigenvalue weighted by atomic mass is 10.2. The molecule has 0 bridgehead atoms. The Balaban J connectivity index is 2.25. The third-order valence-electron chi connectivity index (χ3n) is 2.35. The Labute approximate surface area is 131 Å². The SMILES string of the molecule is O=C(Nc1ccc(F)c(Br)c1)c1cc(Cl)ccc1Br. The summed E-state index contributed by atoms with van der Waals surface area (Å²) in [4.78, 5) is 12.1. The molecule has 0 unspecified atom stereocenters. The maximum Gasteiger partial charge on any atom is 0.256 e. The number of nitrogens with one attached hydrogen (secondary N) is 1. The Morgan fingerprint density at radius 2 is 1.84 bits per heavy atom. The van der Waals surface area contributed by atoms with Crippen LogP contribution in [0.25, 0.3) is 0 Å². The molecular formula is C13H7Br2ClFNO. The van der Waals surface area contributed by atoms with Crippen LogP contribution < -0.4 is 5.32 Å². The van der Waals surface area contributed by atoms with Gasteiger partial charge in [0.25, 0.3) is 5.91 Å². The molecule has 0 aromatic heterocycles. The Bertz CT molecular complexity index is 649. The van der Waals surface area contributed by atoms with Gasteiger partial charge < -0.3 is 5.32 Å². The first-order chi connectivity index (χ1) is 8.97. The molecule has 2 aromatic rings. The zero-order chi connectivity index (χ0) is 14.0. The number of benzene rings is 2. The minimum absolute atomic E-state index is 0.287. The fourth-order valence-electron chi connectivity index (χ4n) is 1.44. The van der Waals surface area contributed by atoms with Gasteiger partial charge in [-0.3, -0.25) is 4.79 Å². The van der Waals surface area contributed by atoms with Crippen LogP contribution in [0.1, 0.15) is 10.4 Å². The van der Waals surface area contributed by atoms with Crippen LogP contribution >= 0.6 is 43.5 Å². The summed E-state index contributed by atoms with van der Waals surface area (Å²) in [7, 11) is 0. The molecular weight excluding hydrogens is 400 g/mol. The minimum Gasteiger partial charge on any atom is -0.322 e. The molecule has 0 fully saturated rings. The maximum absolute atomic E-state index is 13.1. The lowest BCUT2D eigenvalue weighted by Gasteiger charge is -2.08. The van der Waals surface area contributed by atoms with E-state index in [1.54, 1.807) is 18.2 Å². The highest BCUT2D eigenvalue weighted by molar-refractivity contribution is 9.10. The van der Waals surface area contributed by atoms with Crippen LogP contribution in [-0.2, 0) is 0 Å². The number of hydrogen-bond donors (Lipinski definition) is 1. The van der Waals surface area contributed by atoms with Crippen molar-refractivity contribution in [3.05, 3.63) is 61.7 Å². The van der Waals surface area contributed by atoms with Gasteiger partial charge in [0.15, 0.2) is 0 Å². The van der Waals surface area contributed by atoms with Crippen molar-refractivity contribution >= 4 is 55.1 Å². The van der Waals surface area contributed by atoms with Gasteiger partial charge in [-0.15, -0.1) is 0 Å². The van der Waals surface area contributed by atoms with Crippen molar-refractivity contribution in [3.8, 4) is 0 Å². The van der Waals surface area contributed by atoms with E-state index < -0.39 is 0 Å². The number of hydrogen-bond acceptors (Lipinski definition) is 1. The Kier molecular flexibility index (Phi) is 4.60. The molecule has 0 spiro atoms. The van der Waals surface area contributed by atoms with Gasteiger partial charge in [-0.05, 0) is 68.3 Å². The molecule has 2 rings (SSSR count). The first kappa shape index (κ1) is 14.5. The topological polar surface area (TPSA) is 29.1 Å². The van der Waals surface area contributed by atoms with E-state index in [-0.39, 0.29) is 16.2 Å². The molecule has 0 aliphatic rings. The lowest BCUT2D eigenvalue weighted by Crippen LogP contribution is -2.12. The van der Waals surface area contributed by atoms with E-state index in [1.165, 1.54) is 18.2 Å². The lowest BCUT2D eigenvalue weighted by molar-refractivity contribution is 0.102. The summed E-state index contributed by atoms with van der Waals surface area (Å²) in [5.74, 6) is -0.713. The van der Waals surface area contributed by atoms with Gasteiger partial charge in [0.1, 0.15) is 5.82 Å². The van der Waals surface area contributed by atoms with Crippen molar-refractivity contribution in [2.75, 3.05) is 5.32 Å². The second-order valence-electron chi connectivity index (χ2n) is 3.71. The molecule has 2 aromatic carbocycles. The van der Waals surface area contributed by atoms with Crippen LogP contribution in [0.4, 0.5) is 10.1 Å². The molecule has 1 amide bonds.